The van der Waals surface area contributed by atoms with Crippen LogP contribution in [0.4, 0.5) is 10.8 Å². The number of sulfonamides is 1. The topological polar surface area (TPSA) is 132 Å². The Hall–Kier alpha value is -3.35. The predicted molar refractivity (Wildman–Crippen MR) is 132 cm³/mol. The van der Waals surface area contributed by atoms with Crippen molar-refractivity contribution in [2.45, 2.75) is 30.6 Å². The molecule has 4 rings (SSSR count). The van der Waals surface area contributed by atoms with Crippen molar-refractivity contribution >= 4 is 38.1 Å². The molecule has 2 heterocycles. The molecule has 1 aromatic heterocycles. The van der Waals surface area contributed by atoms with E-state index in [1.54, 1.807) is 34.0 Å². The third-order valence-corrected chi connectivity index (χ3v) is 8.19. The minimum absolute atomic E-state index is 0.0651. The average molecular weight is 517 g/mol. The maximum atomic E-state index is 12.9. The summed E-state index contributed by atoms with van der Waals surface area (Å²) in [5.74, 6) is -0.0936. The van der Waals surface area contributed by atoms with Crippen LogP contribution < -0.4 is 10.1 Å². The van der Waals surface area contributed by atoms with Crippen molar-refractivity contribution in [1.29, 1.82) is 0 Å². The lowest BCUT2D eigenvalue weighted by Gasteiger charge is -2.19. The molecule has 1 saturated heterocycles. The Balaban J connectivity index is 1.34. The maximum Gasteiger partial charge on any atom is 0.269 e. The van der Waals surface area contributed by atoms with Crippen molar-refractivity contribution in [3.8, 4) is 17.0 Å². The Morgan fingerprint density at radius 2 is 1.71 bits per heavy atom. The first-order chi connectivity index (χ1) is 16.8. The van der Waals surface area contributed by atoms with E-state index in [0.717, 1.165) is 31.2 Å². The van der Waals surface area contributed by atoms with Gasteiger partial charge in [-0.1, -0.05) is 25.0 Å². The van der Waals surface area contributed by atoms with Gasteiger partial charge < -0.3 is 4.74 Å². The standard InChI is InChI=1S/C23H24N4O6S2/c28-22(15-33-19-9-7-18(8-10-19)27(29)30)25-23-24-21(16-34-23)17-5-11-20(12-6-17)35(31,32)26-13-3-1-2-4-14-26/h5-12,16H,1-4,13-15H2,(H,24,25,28). The van der Waals surface area contributed by atoms with Crippen molar-refractivity contribution in [2.24, 2.45) is 0 Å². The summed E-state index contributed by atoms with van der Waals surface area (Å²) in [6, 6.07) is 12.0. The molecule has 1 amide bonds. The molecule has 12 heteroatoms. The largest absolute Gasteiger partial charge is 0.484 e. The zero-order chi connectivity index (χ0) is 24.8. The van der Waals surface area contributed by atoms with Crippen LogP contribution in [0.25, 0.3) is 11.3 Å². The summed E-state index contributed by atoms with van der Waals surface area (Å²) in [5.41, 5.74) is 1.28. The third kappa shape index (κ3) is 6.21. The number of carbonyl (C=O) groups excluding carboxylic acids is 1. The van der Waals surface area contributed by atoms with Gasteiger partial charge in [0.2, 0.25) is 10.0 Å². The summed E-state index contributed by atoms with van der Waals surface area (Å²) >= 11 is 1.23. The van der Waals surface area contributed by atoms with Gasteiger partial charge in [0.25, 0.3) is 11.6 Å². The van der Waals surface area contributed by atoms with Crippen LogP contribution in [0.2, 0.25) is 0 Å². The van der Waals surface area contributed by atoms with E-state index in [1.807, 2.05) is 0 Å². The highest BCUT2D eigenvalue weighted by Gasteiger charge is 2.25. The fourth-order valence-corrected chi connectivity index (χ4v) is 5.91. The van der Waals surface area contributed by atoms with Crippen LogP contribution in [0.3, 0.4) is 0 Å². The molecule has 1 fully saturated rings. The molecule has 1 aliphatic heterocycles. The first-order valence-electron chi connectivity index (χ1n) is 11.1. The lowest BCUT2D eigenvalue weighted by molar-refractivity contribution is -0.384. The fourth-order valence-electron chi connectivity index (χ4n) is 3.66. The molecule has 3 aromatic rings. The van der Waals surface area contributed by atoms with Gasteiger partial charge in [0, 0.05) is 36.2 Å². The summed E-state index contributed by atoms with van der Waals surface area (Å²) in [7, 11) is -3.52. The zero-order valence-electron chi connectivity index (χ0n) is 18.8. The van der Waals surface area contributed by atoms with Gasteiger partial charge in [-0.25, -0.2) is 13.4 Å². The first-order valence-corrected chi connectivity index (χ1v) is 13.4. The van der Waals surface area contributed by atoms with E-state index < -0.39 is 20.9 Å². The van der Waals surface area contributed by atoms with Crippen LogP contribution in [-0.4, -0.2) is 48.2 Å². The zero-order valence-corrected chi connectivity index (χ0v) is 20.4. The molecule has 2 aromatic carbocycles. The Morgan fingerprint density at radius 1 is 1.06 bits per heavy atom. The van der Waals surface area contributed by atoms with Gasteiger partial charge in [-0.3, -0.25) is 20.2 Å². The number of non-ortho nitro benzene ring substituents is 1. The van der Waals surface area contributed by atoms with Gasteiger partial charge in [0.15, 0.2) is 11.7 Å². The molecule has 1 N–H and O–H groups in total. The summed E-state index contributed by atoms with van der Waals surface area (Å²) in [4.78, 5) is 27.0. The predicted octanol–water partition coefficient (Wildman–Crippen LogP) is 4.30. The van der Waals surface area contributed by atoms with E-state index in [-0.39, 0.29) is 17.2 Å². The Kier molecular flexibility index (Phi) is 7.73. The quantitative estimate of drug-likeness (QED) is 0.349. The van der Waals surface area contributed by atoms with E-state index in [2.05, 4.69) is 10.3 Å². The average Bonchev–Trinajstić information content (AvgIpc) is 3.13. The number of ether oxygens (including phenoxy) is 1. The molecule has 1 aliphatic rings. The summed E-state index contributed by atoms with van der Waals surface area (Å²) in [5, 5.41) is 15.5. The van der Waals surface area contributed by atoms with E-state index in [0.29, 0.717) is 29.7 Å². The molecular weight excluding hydrogens is 492 g/mol. The van der Waals surface area contributed by atoms with Crippen LogP contribution in [0, 0.1) is 10.1 Å². The van der Waals surface area contributed by atoms with Crippen LogP contribution >= 0.6 is 11.3 Å². The normalized spacial score (nSPS) is 14.7. The molecular formula is C23H24N4O6S2. The summed E-state index contributed by atoms with van der Waals surface area (Å²) in [6.07, 6.45) is 3.86. The number of carbonyl (C=O) groups is 1. The third-order valence-electron chi connectivity index (χ3n) is 5.52. The van der Waals surface area contributed by atoms with Gasteiger partial charge in [0.05, 0.1) is 15.5 Å². The second-order valence-electron chi connectivity index (χ2n) is 7.97. The Bertz CT molecular complexity index is 1280. The van der Waals surface area contributed by atoms with Crippen molar-refractivity contribution in [2.75, 3.05) is 25.0 Å². The molecule has 35 heavy (non-hydrogen) atoms. The second kappa shape index (κ2) is 10.9. The number of anilines is 1. The Morgan fingerprint density at radius 3 is 2.34 bits per heavy atom. The van der Waals surface area contributed by atoms with Crippen LogP contribution in [-0.2, 0) is 14.8 Å². The Labute approximate surface area is 206 Å². The van der Waals surface area contributed by atoms with Crippen LogP contribution in [0.5, 0.6) is 5.75 Å². The number of rotatable bonds is 8. The first kappa shape index (κ1) is 24.8. The van der Waals surface area contributed by atoms with E-state index in [4.69, 9.17) is 4.74 Å². The van der Waals surface area contributed by atoms with E-state index in [1.165, 1.54) is 35.6 Å². The number of hydrogen-bond donors (Lipinski definition) is 1. The highest BCUT2D eigenvalue weighted by molar-refractivity contribution is 7.89. The van der Waals surface area contributed by atoms with Gasteiger partial charge in [-0.05, 0) is 37.1 Å². The molecule has 10 nitrogen and oxygen atoms in total. The summed E-state index contributed by atoms with van der Waals surface area (Å²) < 4.78 is 32.8. The lowest BCUT2D eigenvalue weighted by Crippen LogP contribution is -2.31. The number of nitro benzene ring substituents is 1. The van der Waals surface area contributed by atoms with E-state index >= 15 is 0 Å². The molecule has 0 atom stereocenters. The van der Waals surface area contributed by atoms with Crippen LogP contribution in [0.1, 0.15) is 25.7 Å². The monoisotopic (exact) mass is 516 g/mol. The number of thiazole rings is 1. The minimum Gasteiger partial charge on any atom is -0.484 e. The number of aromatic nitrogens is 1. The van der Waals surface area contributed by atoms with Crippen molar-refractivity contribution in [3.63, 3.8) is 0 Å². The van der Waals surface area contributed by atoms with Gasteiger partial charge in [-0.2, -0.15) is 4.31 Å². The van der Waals surface area contributed by atoms with Crippen molar-refractivity contribution in [3.05, 3.63) is 64.0 Å². The molecule has 184 valence electrons. The van der Waals surface area contributed by atoms with E-state index in [9.17, 15) is 23.3 Å². The smallest absolute Gasteiger partial charge is 0.269 e. The summed E-state index contributed by atoms with van der Waals surface area (Å²) in [6.45, 7) is 0.816. The molecule has 0 radical (unpaired) electrons. The van der Waals surface area contributed by atoms with Crippen molar-refractivity contribution < 1.29 is 22.9 Å². The number of nitro groups is 1. The number of nitrogens with zero attached hydrogens (tertiary/aromatic N) is 3. The lowest BCUT2D eigenvalue weighted by atomic mass is 10.2. The number of nitrogens with one attached hydrogen (secondary N) is 1. The highest BCUT2D eigenvalue weighted by Crippen LogP contribution is 2.27. The maximum absolute atomic E-state index is 12.9. The van der Waals surface area contributed by atoms with Crippen molar-refractivity contribution in [1.82, 2.24) is 9.29 Å². The minimum atomic E-state index is -3.52. The molecule has 0 bridgehead atoms. The van der Waals surface area contributed by atoms with Crippen LogP contribution in [0.15, 0.2) is 58.8 Å². The molecule has 0 aliphatic carbocycles. The van der Waals surface area contributed by atoms with Gasteiger partial charge in [-0.15, -0.1) is 11.3 Å². The fraction of sp³-hybridized carbons (Fsp3) is 0.304. The number of hydrogen-bond acceptors (Lipinski definition) is 8. The molecule has 0 unspecified atom stereocenters. The second-order valence-corrected chi connectivity index (χ2v) is 10.8. The van der Waals surface area contributed by atoms with Gasteiger partial charge in [0.1, 0.15) is 5.75 Å². The highest BCUT2D eigenvalue weighted by atomic mass is 32.2. The number of amides is 1. The number of benzene rings is 2. The SMILES string of the molecule is O=C(COc1ccc([N+](=O)[O-])cc1)Nc1nc(-c2ccc(S(=O)(=O)N3CCCCCC3)cc2)cs1. The van der Waals surface area contributed by atoms with Gasteiger partial charge >= 0.3 is 0 Å². The molecule has 0 saturated carbocycles. The molecule has 0 spiro atoms.